The third kappa shape index (κ3) is 4.30. The Morgan fingerprint density at radius 1 is 0.667 bits per heavy atom. The molecule has 0 aromatic heterocycles. The van der Waals surface area contributed by atoms with E-state index in [0.29, 0.717) is 41.8 Å². The van der Waals surface area contributed by atoms with E-state index < -0.39 is 0 Å². The van der Waals surface area contributed by atoms with Crippen LogP contribution in [0.2, 0.25) is 0 Å². The third-order valence-electron chi connectivity index (χ3n) is 6.99. The molecular formula is C33H24O6. The molecule has 2 aliphatic heterocycles. The van der Waals surface area contributed by atoms with Crippen LogP contribution < -0.4 is 18.9 Å². The number of benzene rings is 5. The number of ether oxygens (including phenoxy) is 5. The zero-order valence-electron chi connectivity index (χ0n) is 21.0. The topological polar surface area (TPSA) is 63.2 Å². The molecule has 5 aromatic carbocycles. The summed E-state index contributed by atoms with van der Waals surface area (Å²) in [5, 5.41) is 1.76. The van der Waals surface area contributed by atoms with Gasteiger partial charge >= 0.3 is 5.97 Å². The van der Waals surface area contributed by atoms with Crippen molar-refractivity contribution in [2.45, 2.75) is 19.8 Å². The van der Waals surface area contributed by atoms with Gasteiger partial charge in [-0.15, -0.1) is 0 Å². The van der Waals surface area contributed by atoms with Crippen LogP contribution >= 0.6 is 0 Å². The highest BCUT2D eigenvalue weighted by Gasteiger charge is 2.31. The first-order valence-electron chi connectivity index (χ1n) is 12.8. The summed E-state index contributed by atoms with van der Waals surface area (Å²) < 4.78 is 29.6. The highest BCUT2D eigenvalue weighted by atomic mass is 16.7. The molecule has 0 fully saturated rings. The predicted octanol–water partition coefficient (Wildman–Crippen LogP) is 7.06. The molecular weight excluding hydrogens is 492 g/mol. The van der Waals surface area contributed by atoms with Crippen LogP contribution in [-0.2, 0) is 24.6 Å². The van der Waals surface area contributed by atoms with E-state index in [-0.39, 0.29) is 19.4 Å². The summed E-state index contributed by atoms with van der Waals surface area (Å²) in [6, 6.07) is 31.6. The number of rotatable bonds is 7. The monoisotopic (exact) mass is 516 g/mol. The van der Waals surface area contributed by atoms with Crippen molar-refractivity contribution < 1.29 is 28.5 Å². The summed E-state index contributed by atoms with van der Waals surface area (Å²) in [5.74, 6) is 2.12. The number of hydrogen-bond donors (Lipinski definition) is 0. The smallest absolute Gasteiger partial charge is 0.339 e. The number of esters is 1. The molecule has 6 nitrogen and oxygen atoms in total. The van der Waals surface area contributed by atoms with Gasteiger partial charge in [0, 0.05) is 16.5 Å². The SMILES string of the molecule is O=C1OCc2cc3ccc4c(c3c(-c3ccc(OCc5ccccc5)c(OCc5ccccc5)c3)c21)OCO4. The Balaban J connectivity index is 1.36. The van der Waals surface area contributed by atoms with Crippen LogP contribution in [0.15, 0.2) is 97.1 Å². The lowest BCUT2D eigenvalue weighted by Crippen LogP contribution is -2.02. The van der Waals surface area contributed by atoms with Gasteiger partial charge in [-0.3, -0.25) is 0 Å². The lowest BCUT2D eigenvalue weighted by atomic mass is 9.89. The summed E-state index contributed by atoms with van der Waals surface area (Å²) in [5.41, 5.74) is 5.02. The van der Waals surface area contributed by atoms with E-state index >= 15 is 0 Å². The van der Waals surface area contributed by atoms with Crippen molar-refractivity contribution >= 4 is 16.7 Å². The molecule has 0 spiro atoms. The Labute approximate surface area is 225 Å². The molecule has 2 aliphatic rings. The molecule has 2 heterocycles. The average Bonchev–Trinajstić information content (AvgIpc) is 3.62. The molecule has 0 unspecified atom stereocenters. The fraction of sp³-hybridized carbons (Fsp3) is 0.121. The van der Waals surface area contributed by atoms with Crippen LogP contribution in [-0.4, -0.2) is 12.8 Å². The number of hydrogen-bond acceptors (Lipinski definition) is 6. The molecule has 0 radical (unpaired) electrons. The van der Waals surface area contributed by atoms with E-state index in [0.717, 1.165) is 38.6 Å². The van der Waals surface area contributed by atoms with Gasteiger partial charge in [0.25, 0.3) is 0 Å². The summed E-state index contributed by atoms with van der Waals surface area (Å²) in [6.07, 6.45) is 0. The van der Waals surface area contributed by atoms with E-state index in [1.165, 1.54) is 0 Å². The number of carbonyl (C=O) groups excluding carboxylic acids is 1. The van der Waals surface area contributed by atoms with Gasteiger partial charge < -0.3 is 23.7 Å². The number of carbonyl (C=O) groups is 1. The first kappa shape index (κ1) is 23.2. The average molecular weight is 517 g/mol. The molecule has 0 bridgehead atoms. The van der Waals surface area contributed by atoms with E-state index in [1.807, 2.05) is 97.1 Å². The van der Waals surface area contributed by atoms with Crippen LogP contribution in [0.1, 0.15) is 27.0 Å². The quantitative estimate of drug-likeness (QED) is 0.216. The first-order valence-corrected chi connectivity index (χ1v) is 12.8. The third-order valence-corrected chi connectivity index (χ3v) is 6.99. The molecule has 39 heavy (non-hydrogen) atoms. The van der Waals surface area contributed by atoms with Crippen molar-refractivity contribution in [1.29, 1.82) is 0 Å². The van der Waals surface area contributed by atoms with Crippen molar-refractivity contribution in [2.75, 3.05) is 6.79 Å². The normalized spacial score (nSPS) is 13.3. The van der Waals surface area contributed by atoms with E-state index in [2.05, 4.69) is 0 Å². The fourth-order valence-corrected chi connectivity index (χ4v) is 5.13. The Kier molecular flexibility index (Phi) is 5.78. The molecule has 0 saturated carbocycles. The first-order chi connectivity index (χ1) is 19.2. The maximum absolute atomic E-state index is 13.0. The minimum absolute atomic E-state index is 0.132. The maximum atomic E-state index is 13.0. The van der Waals surface area contributed by atoms with Gasteiger partial charge in [-0.2, -0.15) is 0 Å². The highest BCUT2D eigenvalue weighted by Crippen LogP contribution is 2.48. The second-order valence-electron chi connectivity index (χ2n) is 9.47. The van der Waals surface area contributed by atoms with Crippen molar-refractivity contribution in [3.05, 3.63) is 119 Å². The van der Waals surface area contributed by atoms with Gasteiger partial charge in [-0.05, 0) is 46.3 Å². The van der Waals surface area contributed by atoms with Gasteiger partial charge in [-0.1, -0.05) is 72.8 Å². The molecule has 7 rings (SSSR count). The van der Waals surface area contributed by atoms with Crippen LogP contribution in [0.3, 0.4) is 0 Å². The summed E-state index contributed by atoms with van der Waals surface area (Å²) in [6.45, 7) is 1.14. The standard InChI is InChI=1S/C33H24O6/c34-33-31-25(19-37-33)15-23-12-14-27-32(39-20-38-27)30(23)29(31)24-11-13-26(35-17-21-7-3-1-4-8-21)28(16-24)36-18-22-9-5-2-6-10-22/h1-16H,17-20H2. The Hall–Kier alpha value is -4.97. The van der Waals surface area contributed by atoms with Gasteiger partial charge in [0.1, 0.15) is 19.8 Å². The lowest BCUT2D eigenvalue weighted by Gasteiger charge is -2.17. The number of cyclic esters (lactones) is 1. The summed E-state index contributed by atoms with van der Waals surface area (Å²) >= 11 is 0. The molecule has 0 saturated heterocycles. The van der Waals surface area contributed by atoms with Crippen LogP contribution in [0.25, 0.3) is 21.9 Å². The van der Waals surface area contributed by atoms with Crippen LogP contribution in [0.5, 0.6) is 23.0 Å². The molecule has 5 aromatic rings. The van der Waals surface area contributed by atoms with E-state index in [1.54, 1.807) is 0 Å². The molecule has 6 heteroatoms. The highest BCUT2D eigenvalue weighted by molar-refractivity contribution is 6.13. The second kappa shape index (κ2) is 9.72. The van der Waals surface area contributed by atoms with Crippen LogP contribution in [0.4, 0.5) is 0 Å². The molecule has 0 atom stereocenters. The predicted molar refractivity (Wildman–Crippen MR) is 146 cm³/mol. The Bertz CT molecular complexity index is 1700. The molecule has 0 aliphatic carbocycles. The van der Waals surface area contributed by atoms with Crippen molar-refractivity contribution in [3.63, 3.8) is 0 Å². The number of fused-ring (bicyclic) bond motifs is 4. The van der Waals surface area contributed by atoms with Gasteiger partial charge in [0.2, 0.25) is 6.79 Å². The molecule has 0 amide bonds. The Morgan fingerprint density at radius 2 is 1.38 bits per heavy atom. The largest absolute Gasteiger partial charge is 0.485 e. The fourth-order valence-electron chi connectivity index (χ4n) is 5.13. The molecule has 192 valence electrons. The van der Waals surface area contributed by atoms with Gasteiger partial charge in [0.15, 0.2) is 23.0 Å². The van der Waals surface area contributed by atoms with Crippen molar-refractivity contribution in [2.24, 2.45) is 0 Å². The van der Waals surface area contributed by atoms with E-state index in [9.17, 15) is 4.79 Å². The van der Waals surface area contributed by atoms with Gasteiger partial charge in [0.05, 0.1) is 5.56 Å². The van der Waals surface area contributed by atoms with Gasteiger partial charge in [-0.25, -0.2) is 4.79 Å². The minimum Gasteiger partial charge on any atom is -0.485 e. The van der Waals surface area contributed by atoms with Crippen molar-refractivity contribution in [3.8, 4) is 34.1 Å². The lowest BCUT2D eigenvalue weighted by molar-refractivity contribution is 0.0535. The zero-order valence-corrected chi connectivity index (χ0v) is 21.0. The Morgan fingerprint density at radius 3 is 2.13 bits per heavy atom. The van der Waals surface area contributed by atoms with Crippen molar-refractivity contribution in [1.82, 2.24) is 0 Å². The second-order valence-corrected chi connectivity index (χ2v) is 9.47. The van der Waals surface area contributed by atoms with Crippen LogP contribution in [0, 0.1) is 0 Å². The molecule has 0 N–H and O–H groups in total. The van der Waals surface area contributed by atoms with E-state index in [4.69, 9.17) is 23.7 Å². The zero-order chi connectivity index (χ0) is 26.2. The summed E-state index contributed by atoms with van der Waals surface area (Å²) in [4.78, 5) is 13.0. The summed E-state index contributed by atoms with van der Waals surface area (Å²) in [7, 11) is 0. The maximum Gasteiger partial charge on any atom is 0.339 e. The minimum atomic E-state index is -0.352.